The predicted molar refractivity (Wildman–Crippen MR) is 98.4 cm³/mol. The summed E-state index contributed by atoms with van der Waals surface area (Å²) in [6, 6.07) is 16.2. The zero-order chi connectivity index (χ0) is 18.6. The van der Waals surface area contributed by atoms with Crippen LogP contribution < -0.4 is 15.4 Å². The van der Waals surface area contributed by atoms with Crippen molar-refractivity contribution in [1.29, 1.82) is 0 Å². The van der Waals surface area contributed by atoms with Crippen LogP contribution in [0.15, 0.2) is 60.9 Å². The largest absolute Gasteiger partial charge is 0.484 e. The summed E-state index contributed by atoms with van der Waals surface area (Å²) in [7, 11) is 0. The molecule has 1 aliphatic rings. The molecule has 1 atom stereocenters. The van der Waals surface area contributed by atoms with Gasteiger partial charge in [-0.15, -0.1) is 0 Å². The van der Waals surface area contributed by atoms with Crippen molar-refractivity contribution < 1.29 is 14.3 Å². The lowest BCUT2D eigenvalue weighted by atomic mass is 10.0. The van der Waals surface area contributed by atoms with E-state index in [1.54, 1.807) is 16.8 Å². The third kappa shape index (κ3) is 3.79. The van der Waals surface area contributed by atoms with Crippen LogP contribution in [0.5, 0.6) is 5.75 Å². The first-order chi connectivity index (χ1) is 13.2. The first-order valence-corrected chi connectivity index (χ1v) is 8.46. The summed E-state index contributed by atoms with van der Waals surface area (Å²) in [5.41, 5.74) is 1.64. The van der Waals surface area contributed by atoms with Gasteiger partial charge >= 0.3 is 0 Å². The van der Waals surface area contributed by atoms with E-state index in [-0.39, 0.29) is 30.9 Å². The maximum absolute atomic E-state index is 11.9. The fraction of sp³-hybridized carbons (Fsp3) is 0.158. The fourth-order valence-electron chi connectivity index (χ4n) is 2.92. The van der Waals surface area contributed by atoms with Crippen molar-refractivity contribution in [2.24, 2.45) is 0 Å². The molecule has 0 spiro atoms. The number of rotatable bonds is 5. The summed E-state index contributed by atoms with van der Waals surface area (Å²) < 4.78 is 7.22. The molecule has 0 bridgehead atoms. The van der Waals surface area contributed by atoms with E-state index in [0.717, 1.165) is 11.3 Å². The van der Waals surface area contributed by atoms with Crippen LogP contribution in [0.2, 0.25) is 0 Å². The predicted octanol–water partition coefficient (Wildman–Crippen LogP) is 2.23. The summed E-state index contributed by atoms with van der Waals surface area (Å²) in [4.78, 5) is 27.8. The Morgan fingerprint density at radius 2 is 1.96 bits per heavy atom. The summed E-state index contributed by atoms with van der Waals surface area (Å²) >= 11 is 0. The zero-order valence-corrected chi connectivity index (χ0v) is 14.3. The van der Waals surface area contributed by atoms with E-state index in [9.17, 15) is 9.59 Å². The number of hydrogen-bond acceptors (Lipinski definition) is 5. The Labute approximate surface area is 155 Å². The monoisotopic (exact) mass is 363 g/mol. The van der Waals surface area contributed by atoms with Crippen molar-refractivity contribution in [2.45, 2.75) is 12.5 Å². The number of benzene rings is 2. The Kier molecular flexibility index (Phi) is 4.52. The molecule has 1 aliphatic heterocycles. The van der Waals surface area contributed by atoms with Crippen molar-refractivity contribution >= 4 is 23.5 Å². The SMILES string of the molecule is O=C(COc1ccc([C@@H]2CC(=O)Nc3ncnn32)cc1)Nc1ccccc1. The summed E-state index contributed by atoms with van der Waals surface area (Å²) in [6.07, 6.45) is 1.70. The highest BCUT2D eigenvalue weighted by Gasteiger charge is 2.27. The number of anilines is 2. The molecule has 0 saturated carbocycles. The molecule has 136 valence electrons. The molecule has 3 aromatic rings. The Morgan fingerprint density at radius 1 is 1.19 bits per heavy atom. The molecule has 0 fully saturated rings. The number of carbonyl (C=O) groups is 2. The summed E-state index contributed by atoms with van der Waals surface area (Å²) in [5.74, 6) is 0.676. The molecule has 27 heavy (non-hydrogen) atoms. The first kappa shape index (κ1) is 16.8. The first-order valence-electron chi connectivity index (χ1n) is 8.46. The molecule has 0 saturated heterocycles. The molecule has 8 heteroatoms. The Hall–Kier alpha value is -3.68. The highest BCUT2D eigenvalue weighted by Crippen LogP contribution is 2.29. The minimum atomic E-state index is -0.235. The highest BCUT2D eigenvalue weighted by atomic mass is 16.5. The van der Waals surface area contributed by atoms with E-state index in [4.69, 9.17) is 4.74 Å². The number of para-hydroxylation sites is 1. The third-order valence-corrected chi connectivity index (χ3v) is 4.19. The van der Waals surface area contributed by atoms with Crippen molar-refractivity contribution in [3.63, 3.8) is 0 Å². The second-order valence-corrected chi connectivity index (χ2v) is 6.07. The lowest BCUT2D eigenvalue weighted by Gasteiger charge is -2.23. The van der Waals surface area contributed by atoms with E-state index >= 15 is 0 Å². The molecule has 1 aromatic heterocycles. The van der Waals surface area contributed by atoms with Gasteiger partial charge in [0.2, 0.25) is 11.9 Å². The number of nitrogens with zero attached hydrogens (tertiary/aromatic N) is 3. The number of ether oxygens (including phenoxy) is 1. The van der Waals surface area contributed by atoms with Gasteiger partial charge in [0.1, 0.15) is 12.1 Å². The fourth-order valence-corrected chi connectivity index (χ4v) is 2.92. The second kappa shape index (κ2) is 7.28. The summed E-state index contributed by atoms with van der Waals surface area (Å²) in [6.45, 7) is -0.0900. The highest BCUT2D eigenvalue weighted by molar-refractivity contribution is 5.92. The molecule has 2 N–H and O–H groups in total. The number of amides is 2. The zero-order valence-electron chi connectivity index (χ0n) is 14.3. The standard InChI is InChI=1S/C19H17N5O3/c25-17-10-16(24-19(23-17)20-12-21-24)13-6-8-15(9-7-13)27-11-18(26)22-14-4-2-1-3-5-14/h1-9,12,16H,10-11H2,(H,22,26)(H,20,21,23,25)/t16-/m0/s1. The minimum absolute atomic E-state index is 0.0900. The average molecular weight is 363 g/mol. The molecule has 0 unspecified atom stereocenters. The quantitative estimate of drug-likeness (QED) is 0.724. The molecule has 2 aromatic carbocycles. The van der Waals surface area contributed by atoms with Crippen LogP contribution >= 0.6 is 0 Å². The van der Waals surface area contributed by atoms with Crippen LogP contribution in [-0.4, -0.2) is 33.2 Å². The number of fused-ring (bicyclic) bond motifs is 1. The Balaban J connectivity index is 1.38. The molecule has 8 nitrogen and oxygen atoms in total. The van der Waals surface area contributed by atoms with Crippen LogP contribution in [0.3, 0.4) is 0 Å². The van der Waals surface area contributed by atoms with Crippen LogP contribution in [-0.2, 0) is 9.59 Å². The van der Waals surface area contributed by atoms with E-state index in [2.05, 4.69) is 20.7 Å². The van der Waals surface area contributed by atoms with E-state index in [1.165, 1.54) is 6.33 Å². The maximum atomic E-state index is 11.9. The summed E-state index contributed by atoms with van der Waals surface area (Å²) in [5, 5.41) is 9.62. The molecule has 0 radical (unpaired) electrons. The van der Waals surface area contributed by atoms with Gasteiger partial charge in [-0.1, -0.05) is 30.3 Å². The second-order valence-electron chi connectivity index (χ2n) is 6.07. The molecule has 2 heterocycles. The van der Waals surface area contributed by atoms with Gasteiger partial charge in [0.25, 0.3) is 5.91 Å². The third-order valence-electron chi connectivity index (χ3n) is 4.19. The number of carbonyl (C=O) groups excluding carboxylic acids is 2. The van der Waals surface area contributed by atoms with Crippen molar-refractivity contribution in [2.75, 3.05) is 17.2 Å². The van der Waals surface area contributed by atoms with Crippen molar-refractivity contribution in [1.82, 2.24) is 14.8 Å². The normalized spacial score (nSPS) is 15.6. The lowest BCUT2D eigenvalue weighted by Crippen LogP contribution is -2.29. The molecule has 4 rings (SSSR count). The Bertz CT molecular complexity index is 953. The van der Waals surface area contributed by atoms with E-state index < -0.39 is 0 Å². The van der Waals surface area contributed by atoms with Gasteiger partial charge < -0.3 is 10.1 Å². The van der Waals surface area contributed by atoms with Gasteiger partial charge in [-0.2, -0.15) is 10.1 Å². The van der Waals surface area contributed by atoms with Crippen LogP contribution in [0.1, 0.15) is 18.0 Å². The number of nitrogens with one attached hydrogen (secondary N) is 2. The smallest absolute Gasteiger partial charge is 0.262 e. The van der Waals surface area contributed by atoms with Crippen molar-refractivity contribution in [3.8, 4) is 5.75 Å². The number of hydrogen-bond donors (Lipinski definition) is 2. The van der Waals surface area contributed by atoms with Gasteiger partial charge in [0.15, 0.2) is 6.61 Å². The van der Waals surface area contributed by atoms with Gasteiger partial charge in [0, 0.05) is 5.69 Å². The lowest BCUT2D eigenvalue weighted by molar-refractivity contribution is -0.118. The van der Waals surface area contributed by atoms with Gasteiger partial charge in [-0.3, -0.25) is 14.9 Å². The molecule has 0 aliphatic carbocycles. The van der Waals surface area contributed by atoms with E-state index in [0.29, 0.717) is 11.7 Å². The maximum Gasteiger partial charge on any atom is 0.262 e. The molecular weight excluding hydrogens is 346 g/mol. The van der Waals surface area contributed by atoms with Gasteiger partial charge in [0.05, 0.1) is 12.5 Å². The van der Waals surface area contributed by atoms with Gasteiger partial charge in [-0.25, -0.2) is 4.68 Å². The van der Waals surface area contributed by atoms with Gasteiger partial charge in [-0.05, 0) is 29.8 Å². The minimum Gasteiger partial charge on any atom is -0.484 e. The van der Waals surface area contributed by atoms with Crippen LogP contribution in [0, 0.1) is 0 Å². The Morgan fingerprint density at radius 3 is 2.74 bits per heavy atom. The van der Waals surface area contributed by atoms with Crippen LogP contribution in [0.25, 0.3) is 0 Å². The van der Waals surface area contributed by atoms with Crippen molar-refractivity contribution in [3.05, 3.63) is 66.5 Å². The average Bonchev–Trinajstić information content (AvgIpc) is 3.15. The van der Waals surface area contributed by atoms with Crippen LogP contribution in [0.4, 0.5) is 11.6 Å². The molecular formula is C19H17N5O3. The number of aromatic nitrogens is 3. The topological polar surface area (TPSA) is 98.1 Å². The molecule has 2 amide bonds. The van der Waals surface area contributed by atoms with E-state index in [1.807, 2.05) is 42.5 Å².